The minimum absolute atomic E-state index is 0.0273. The van der Waals surface area contributed by atoms with Gasteiger partial charge < -0.3 is 0 Å². The van der Waals surface area contributed by atoms with Crippen molar-refractivity contribution >= 4 is 45.5 Å². The monoisotopic (exact) mass is 536 g/mol. The zero-order valence-electron chi connectivity index (χ0n) is 17.5. The topological polar surface area (TPSA) is 115 Å². The van der Waals surface area contributed by atoms with Gasteiger partial charge in [-0.15, -0.1) is 10.2 Å². The van der Waals surface area contributed by atoms with Crippen LogP contribution >= 0.6 is 27.7 Å². The van der Waals surface area contributed by atoms with Crippen LogP contribution in [-0.2, 0) is 4.79 Å². The third kappa shape index (κ3) is 5.56. The van der Waals surface area contributed by atoms with E-state index in [0.29, 0.717) is 16.5 Å². The van der Waals surface area contributed by atoms with Gasteiger partial charge in [-0.1, -0.05) is 70.2 Å². The van der Waals surface area contributed by atoms with E-state index < -0.39 is 4.92 Å². The lowest BCUT2D eigenvalue weighted by Crippen LogP contribution is -2.20. The molecule has 1 heterocycles. The van der Waals surface area contributed by atoms with Gasteiger partial charge in [-0.2, -0.15) is 5.10 Å². The predicted molar refractivity (Wildman–Crippen MR) is 134 cm³/mol. The summed E-state index contributed by atoms with van der Waals surface area (Å²) in [6.07, 6.45) is 1.25. The summed E-state index contributed by atoms with van der Waals surface area (Å²) < 4.78 is 2.84. The fourth-order valence-corrected chi connectivity index (χ4v) is 4.07. The van der Waals surface area contributed by atoms with Gasteiger partial charge in [0.25, 0.3) is 11.6 Å². The van der Waals surface area contributed by atoms with Crippen LogP contribution in [0.15, 0.2) is 93.6 Å². The largest absolute Gasteiger partial charge is 0.278 e. The Morgan fingerprint density at radius 2 is 1.76 bits per heavy atom. The summed E-state index contributed by atoms with van der Waals surface area (Å²) in [6, 6.07) is 23.5. The quantitative estimate of drug-likeness (QED) is 0.149. The lowest BCUT2D eigenvalue weighted by Gasteiger charge is -2.10. The van der Waals surface area contributed by atoms with Crippen molar-refractivity contribution in [2.75, 3.05) is 5.75 Å². The van der Waals surface area contributed by atoms with E-state index in [-0.39, 0.29) is 17.3 Å². The highest BCUT2D eigenvalue weighted by molar-refractivity contribution is 9.10. The second-order valence-corrected chi connectivity index (χ2v) is 8.74. The van der Waals surface area contributed by atoms with E-state index in [2.05, 4.69) is 36.7 Å². The van der Waals surface area contributed by atoms with Gasteiger partial charge in [-0.05, 0) is 30.3 Å². The molecule has 1 aromatic heterocycles. The van der Waals surface area contributed by atoms with Crippen molar-refractivity contribution in [2.24, 2.45) is 5.10 Å². The number of nitrogens with one attached hydrogen (secondary N) is 1. The van der Waals surface area contributed by atoms with Crippen LogP contribution in [-0.4, -0.2) is 37.6 Å². The van der Waals surface area contributed by atoms with E-state index in [1.54, 1.807) is 18.2 Å². The van der Waals surface area contributed by atoms with E-state index in [1.165, 1.54) is 24.0 Å². The Morgan fingerprint density at radius 1 is 1.06 bits per heavy atom. The summed E-state index contributed by atoms with van der Waals surface area (Å²) in [5.41, 5.74) is 4.34. The zero-order valence-corrected chi connectivity index (χ0v) is 19.9. The van der Waals surface area contributed by atoms with E-state index >= 15 is 0 Å². The number of nitro benzene ring substituents is 1. The minimum atomic E-state index is -0.502. The first-order valence-electron chi connectivity index (χ1n) is 9.98. The number of hydrogen-bond acceptors (Lipinski definition) is 7. The van der Waals surface area contributed by atoms with Crippen molar-refractivity contribution in [3.63, 3.8) is 0 Å². The number of nitrogens with zero attached hydrogens (tertiary/aromatic N) is 5. The molecule has 0 aliphatic rings. The molecule has 9 nitrogen and oxygen atoms in total. The normalized spacial score (nSPS) is 11.0. The number of halogens is 1. The molecule has 3 aromatic carbocycles. The van der Waals surface area contributed by atoms with Gasteiger partial charge in [-0.3, -0.25) is 19.5 Å². The van der Waals surface area contributed by atoms with Crippen molar-refractivity contribution in [1.29, 1.82) is 0 Å². The number of para-hydroxylation sites is 2. The van der Waals surface area contributed by atoms with Crippen molar-refractivity contribution in [3.05, 3.63) is 99.0 Å². The molecule has 170 valence electrons. The minimum Gasteiger partial charge on any atom is -0.272 e. The summed E-state index contributed by atoms with van der Waals surface area (Å²) in [6.45, 7) is 0. The second kappa shape index (κ2) is 10.9. The van der Waals surface area contributed by atoms with Gasteiger partial charge in [0.05, 0.1) is 22.5 Å². The summed E-state index contributed by atoms with van der Waals surface area (Å²) in [5, 5.41) is 24.1. The standard InChI is InChI=1S/C23H17BrN6O3S/c24-18-12-10-16(11-13-18)22-27-28-23(29(22)19-7-2-1-3-8-19)34-15-21(31)26-25-14-17-6-4-5-9-20(17)30(32)33/h1-14H,15H2,(H,26,31)/b25-14-. The van der Waals surface area contributed by atoms with Crippen LogP contribution in [0, 0.1) is 10.1 Å². The van der Waals surface area contributed by atoms with Crippen LogP contribution in [0.3, 0.4) is 0 Å². The van der Waals surface area contributed by atoms with Crippen molar-refractivity contribution in [3.8, 4) is 17.1 Å². The Bertz CT molecular complexity index is 1340. The highest BCUT2D eigenvalue weighted by Crippen LogP contribution is 2.28. The van der Waals surface area contributed by atoms with Gasteiger partial charge in [-0.25, -0.2) is 5.43 Å². The molecule has 0 atom stereocenters. The summed E-state index contributed by atoms with van der Waals surface area (Å²) >= 11 is 4.65. The Balaban J connectivity index is 1.49. The summed E-state index contributed by atoms with van der Waals surface area (Å²) in [7, 11) is 0. The number of carbonyl (C=O) groups excluding carboxylic acids is 1. The van der Waals surface area contributed by atoms with Gasteiger partial charge in [0.15, 0.2) is 11.0 Å². The SMILES string of the molecule is O=C(CSc1nnc(-c2ccc(Br)cc2)n1-c1ccccc1)N/N=C\c1ccccc1[N+](=O)[O-]. The molecule has 1 amide bonds. The number of thioether (sulfide) groups is 1. The third-order valence-electron chi connectivity index (χ3n) is 4.61. The van der Waals surface area contributed by atoms with Crippen LogP contribution < -0.4 is 5.43 Å². The average molecular weight is 537 g/mol. The number of amides is 1. The molecule has 4 aromatic rings. The molecule has 0 aliphatic heterocycles. The van der Waals surface area contributed by atoms with Crippen LogP contribution in [0.2, 0.25) is 0 Å². The molecular weight excluding hydrogens is 520 g/mol. The van der Waals surface area contributed by atoms with Crippen LogP contribution in [0.5, 0.6) is 0 Å². The average Bonchev–Trinajstić information content (AvgIpc) is 3.28. The van der Waals surface area contributed by atoms with E-state index in [9.17, 15) is 14.9 Å². The maximum absolute atomic E-state index is 12.3. The Kier molecular flexibility index (Phi) is 7.45. The number of benzene rings is 3. The number of carbonyl (C=O) groups is 1. The molecule has 34 heavy (non-hydrogen) atoms. The molecule has 1 N–H and O–H groups in total. The van der Waals surface area contributed by atoms with E-state index in [0.717, 1.165) is 15.7 Å². The van der Waals surface area contributed by atoms with Crippen LogP contribution in [0.4, 0.5) is 5.69 Å². The van der Waals surface area contributed by atoms with Crippen molar-refractivity contribution < 1.29 is 9.72 Å². The highest BCUT2D eigenvalue weighted by atomic mass is 79.9. The maximum Gasteiger partial charge on any atom is 0.278 e. The molecule has 0 bridgehead atoms. The second-order valence-electron chi connectivity index (χ2n) is 6.88. The molecule has 0 spiro atoms. The van der Waals surface area contributed by atoms with Crippen molar-refractivity contribution in [1.82, 2.24) is 20.2 Å². The molecule has 4 rings (SSSR count). The molecule has 0 unspecified atom stereocenters. The van der Waals surface area contributed by atoms with Crippen LogP contribution in [0.25, 0.3) is 17.1 Å². The van der Waals surface area contributed by atoms with E-state index in [1.807, 2.05) is 59.2 Å². The number of nitro groups is 1. The molecule has 0 saturated heterocycles. The number of hydrazone groups is 1. The smallest absolute Gasteiger partial charge is 0.272 e. The molecular formula is C23H17BrN6O3S. The molecule has 0 fully saturated rings. The number of hydrogen-bond donors (Lipinski definition) is 1. The predicted octanol–water partition coefficient (Wildman–Crippen LogP) is 4.85. The van der Waals surface area contributed by atoms with Crippen LogP contribution in [0.1, 0.15) is 5.56 Å². The lowest BCUT2D eigenvalue weighted by molar-refractivity contribution is -0.385. The van der Waals surface area contributed by atoms with Crippen molar-refractivity contribution in [2.45, 2.75) is 5.16 Å². The zero-order chi connectivity index (χ0) is 23.9. The fourth-order valence-electron chi connectivity index (χ4n) is 3.06. The van der Waals surface area contributed by atoms with Gasteiger partial charge in [0.2, 0.25) is 0 Å². The number of aromatic nitrogens is 3. The Morgan fingerprint density at radius 3 is 2.50 bits per heavy atom. The lowest BCUT2D eigenvalue weighted by atomic mass is 10.2. The summed E-state index contributed by atoms with van der Waals surface area (Å²) in [5.74, 6) is 0.295. The maximum atomic E-state index is 12.3. The first-order chi connectivity index (χ1) is 16.5. The Labute approximate surface area is 207 Å². The fraction of sp³-hybridized carbons (Fsp3) is 0.0435. The van der Waals surface area contributed by atoms with Gasteiger partial charge >= 0.3 is 0 Å². The van der Waals surface area contributed by atoms with Gasteiger partial charge in [0, 0.05) is 21.8 Å². The Hall–Kier alpha value is -3.83. The summed E-state index contributed by atoms with van der Waals surface area (Å²) in [4.78, 5) is 22.9. The first-order valence-corrected chi connectivity index (χ1v) is 11.8. The molecule has 0 radical (unpaired) electrons. The number of rotatable bonds is 8. The molecule has 11 heteroatoms. The highest BCUT2D eigenvalue weighted by Gasteiger charge is 2.17. The van der Waals surface area contributed by atoms with Gasteiger partial charge in [0.1, 0.15) is 0 Å². The van der Waals surface area contributed by atoms with E-state index in [4.69, 9.17) is 0 Å². The first kappa shape index (κ1) is 23.3. The molecule has 0 aliphatic carbocycles. The third-order valence-corrected chi connectivity index (χ3v) is 6.07. The molecule has 0 saturated carbocycles.